The highest BCUT2D eigenvalue weighted by Crippen LogP contribution is 2.56. The van der Waals surface area contributed by atoms with Crippen LogP contribution in [0, 0.1) is 0 Å². The quantitative estimate of drug-likeness (QED) is 0.0442. The van der Waals surface area contributed by atoms with Crippen LogP contribution >= 0.6 is 0 Å². The fourth-order valence-electron chi connectivity index (χ4n) is 10.5. The highest BCUT2D eigenvalue weighted by atomic mass is 32.2. The fraction of sp³-hybridized carbons (Fsp3) is 0.520. The Hall–Kier alpha value is -4.69. The average Bonchev–Trinajstić information content (AvgIpc) is 3.82. The van der Waals surface area contributed by atoms with E-state index in [9.17, 15) is 27.4 Å². The van der Waals surface area contributed by atoms with Gasteiger partial charge in [0.1, 0.15) is 16.7 Å². The molecule has 0 N–H and O–H groups in total. The predicted octanol–water partition coefficient (Wildman–Crippen LogP) is 8.56. The van der Waals surface area contributed by atoms with E-state index in [0.717, 1.165) is 81.3 Å². The van der Waals surface area contributed by atoms with Crippen molar-refractivity contribution >= 4 is 45.0 Å². The molecule has 63 heavy (non-hydrogen) atoms. The largest absolute Gasteiger partial charge is 0.744 e. The molecule has 2 saturated carbocycles. The van der Waals surface area contributed by atoms with Gasteiger partial charge < -0.3 is 23.8 Å². The maximum Gasteiger partial charge on any atom is 0.333 e. The molecule has 0 bridgehead atoms. The van der Waals surface area contributed by atoms with Gasteiger partial charge in [0.05, 0.1) is 23.5 Å². The first-order chi connectivity index (χ1) is 30.5. The Balaban J connectivity index is 1.11. The molecule has 0 radical (unpaired) electrons. The highest BCUT2D eigenvalue weighted by Gasteiger charge is 2.51. The van der Waals surface area contributed by atoms with Crippen molar-refractivity contribution in [3.05, 3.63) is 101 Å². The Morgan fingerprint density at radius 3 is 2.21 bits per heavy atom. The monoisotopic (exact) mass is 881 g/mol. The summed E-state index contributed by atoms with van der Waals surface area (Å²) in [6, 6.07) is 11.8. The Labute approximate surface area is 373 Å². The second-order valence-corrected chi connectivity index (χ2v) is 18.8. The number of carbonyl (C=O) groups excluding carboxylic acids is 3. The molecule has 13 heteroatoms. The first kappa shape index (κ1) is 46.3. The lowest BCUT2D eigenvalue weighted by Gasteiger charge is -2.37. The molecule has 3 heterocycles. The van der Waals surface area contributed by atoms with E-state index in [1.165, 1.54) is 47.9 Å². The number of fused-ring (bicyclic) bond motifs is 4. The molecule has 0 unspecified atom stereocenters. The van der Waals surface area contributed by atoms with Crippen molar-refractivity contribution in [3.63, 3.8) is 0 Å². The molecule has 12 nitrogen and oxygen atoms in total. The van der Waals surface area contributed by atoms with Crippen LogP contribution in [0.15, 0.2) is 89.5 Å². The van der Waals surface area contributed by atoms with Crippen LogP contribution in [0.5, 0.6) is 0 Å². The van der Waals surface area contributed by atoms with Gasteiger partial charge in [-0.2, -0.15) is 4.58 Å². The average molecular weight is 882 g/mol. The maximum absolute atomic E-state index is 12.4. The minimum atomic E-state index is -4.66. The molecule has 7 rings (SSSR count). The number of ether oxygens (including phenoxy) is 2. The van der Waals surface area contributed by atoms with E-state index in [-0.39, 0.29) is 29.6 Å². The van der Waals surface area contributed by atoms with Crippen molar-refractivity contribution in [1.82, 2.24) is 5.06 Å². The molecule has 1 saturated heterocycles. The van der Waals surface area contributed by atoms with Crippen LogP contribution in [0.2, 0.25) is 0 Å². The summed E-state index contributed by atoms with van der Waals surface area (Å²) in [6.45, 7) is 5.34. The first-order valence-electron chi connectivity index (χ1n) is 23.0. The van der Waals surface area contributed by atoms with Crippen LogP contribution in [0.1, 0.15) is 126 Å². The second-order valence-electron chi connectivity index (χ2n) is 17.5. The van der Waals surface area contributed by atoms with Gasteiger partial charge >= 0.3 is 5.97 Å². The summed E-state index contributed by atoms with van der Waals surface area (Å²) < 4.78 is 50.4. The van der Waals surface area contributed by atoms with E-state index < -0.39 is 33.3 Å². The summed E-state index contributed by atoms with van der Waals surface area (Å²) in [5, 5.41) is 0.582. The molecule has 2 aromatic carbocycles. The van der Waals surface area contributed by atoms with E-state index in [0.29, 0.717) is 44.3 Å². The number of imide groups is 1. The van der Waals surface area contributed by atoms with Crippen molar-refractivity contribution in [2.24, 2.45) is 0 Å². The van der Waals surface area contributed by atoms with E-state index in [4.69, 9.17) is 14.3 Å². The fourth-order valence-corrected chi connectivity index (χ4v) is 11.0. The van der Waals surface area contributed by atoms with E-state index >= 15 is 0 Å². The van der Waals surface area contributed by atoms with Crippen LogP contribution in [0.25, 0.3) is 0 Å². The zero-order chi connectivity index (χ0) is 44.5. The second kappa shape index (κ2) is 20.9. The summed E-state index contributed by atoms with van der Waals surface area (Å²) in [4.78, 5) is 43.3. The molecule has 0 aromatic heterocycles. The van der Waals surface area contributed by atoms with Crippen LogP contribution in [-0.4, -0.2) is 86.1 Å². The lowest BCUT2D eigenvalue weighted by molar-refractivity contribution is -0.442. The number of benzene rings is 2. The van der Waals surface area contributed by atoms with Crippen molar-refractivity contribution in [2.75, 3.05) is 44.9 Å². The molecule has 338 valence electrons. The van der Waals surface area contributed by atoms with Crippen molar-refractivity contribution < 1.29 is 46.2 Å². The molecule has 2 spiro atoms. The Kier molecular flexibility index (Phi) is 15.3. The first-order valence-corrected chi connectivity index (χ1v) is 24.4. The third kappa shape index (κ3) is 10.2. The molecular formula is C50H63N3O9S. The number of unbranched alkanes of at least 4 members (excludes halogenated alkanes) is 2. The van der Waals surface area contributed by atoms with E-state index in [1.54, 1.807) is 19.2 Å². The Morgan fingerprint density at radius 2 is 1.51 bits per heavy atom. The zero-order valence-electron chi connectivity index (χ0n) is 37.0. The normalized spacial score (nSPS) is 20.2. The summed E-state index contributed by atoms with van der Waals surface area (Å²) in [5.74, 6) is -1.61. The number of aryl methyl sites for hydroxylation is 1. The number of allylic oxidation sites excluding steroid dienone is 8. The third-order valence-electron chi connectivity index (χ3n) is 13.6. The SMILES string of the molecule is CCc1ccc2c(c1)C1(CCCCC1)C(/C=C/C=C/C=C/C=C1/N(CCCCCC(=O)ON3C(=O)CCC3=O)c3ccc(S(=O)(=O)[O-])cc3C13CCCCC3)=[N+]2CCOCCOC. The minimum Gasteiger partial charge on any atom is -0.744 e. The predicted molar refractivity (Wildman–Crippen MR) is 241 cm³/mol. The molecule has 3 aliphatic heterocycles. The van der Waals surface area contributed by atoms with E-state index in [2.05, 4.69) is 58.9 Å². The Bertz CT molecular complexity index is 2260. The number of anilines is 1. The maximum atomic E-state index is 12.4. The number of amides is 2. The summed E-state index contributed by atoms with van der Waals surface area (Å²) in [7, 11) is -2.97. The van der Waals surface area contributed by atoms with Crippen molar-refractivity contribution in [3.8, 4) is 0 Å². The van der Waals surface area contributed by atoms with Gasteiger partial charge in [-0.1, -0.05) is 88.3 Å². The van der Waals surface area contributed by atoms with E-state index in [1.807, 2.05) is 18.2 Å². The molecular weight excluding hydrogens is 819 g/mol. The van der Waals surface area contributed by atoms with Gasteiger partial charge in [-0.05, 0) is 86.4 Å². The molecule has 2 aromatic rings. The zero-order valence-corrected chi connectivity index (χ0v) is 37.8. The smallest absolute Gasteiger partial charge is 0.333 e. The summed E-state index contributed by atoms with van der Waals surface area (Å²) in [6.07, 6.45) is 28.5. The van der Waals surface area contributed by atoms with Crippen molar-refractivity contribution in [2.45, 2.75) is 132 Å². The van der Waals surface area contributed by atoms with Gasteiger partial charge in [0, 0.05) is 67.4 Å². The van der Waals surface area contributed by atoms with Gasteiger partial charge in [-0.25, -0.2) is 13.2 Å². The molecule has 5 aliphatic rings. The topological polar surface area (TPSA) is 146 Å². The van der Waals surface area contributed by atoms with Crippen molar-refractivity contribution in [1.29, 1.82) is 0 Å². The number of carbonyl (C=O) groups is 3. The third-order valence-corrected chi connectivity index (χ3v) is 14.5. The highest BCUT2D eigenvalue weighted by molar-refractivity contribution is 7.85. The molecule has 2 amide bonds. The Morgan fingerprint density at radius 1 is 0.810 bits per heavy atom. The lowest BCUT2D eigenvalue weighted by Crippen LogP contribution is -2.37. The number of hydrogen-bond donors (Lipinski definition) is 0. The standard InChI is InChI=1S/C50H63N3O9S/c1-3-38-21-23-42-40(36-38)49(27-13-8-14-28-49)45(52(42)32-33-61-35-34-60-2)19-11-6-4-5-10-18-44-50(29-15-9-16-30-50)41-37-39(63(57,58)59)22-24-43(41)51(44)31-17-7-12-20-48(56)62-53-46(54)25-26-47(53)55/h4-6,10-11,18-19,21-24,36-37H,3,7-9,12-17,20,25-35H2,1-2H3. The van der Waals surface area contributed by atoms with Gasteiger partial charge in [0.15, 0.2) is 12.3 Å². The molecule has 3 fully saturated rings. The van der Waals surface area contributed by atoms with Gasteiger partial charge in [0.2, 0.25) is 5.69 Å². The van der Waals surface area contributed by atoms with Crippen LogP contribution in [-0.2, 0) is 56.1 Å². The van der Waals surface area contributed by atoms with Gasteiger partial charge in [-0.15, -0.1) is 5.06 Å². The number of rotatable bonds is 19. The van der Waals surface area contributed by atoms with Crippen LogP contribution < -0.4 is 4.90 Å². The van der Waals surface area contributed by atoms with Crippen LogP contribution in [0.4, 0.5) is 11.4 Å². The molecule has 2 aliphatic carbocycles. The molecule has 0 atom stereocenters. The van der Waals surface area contributed by atoms with Gasteiger partial charge in [-0.3, -0.25) is 9.59 Å². The number of methoxy groups -OCH3 is 1. The van der Waals surface area contributed by atoms with Gasteiger partial charge in [0.25, 0.3) is 11.8 Å². The van der Waals surface area contributed by atoms with Crippen LogP contribution in [0.3, 0.4) is 0 Å². The minimum absolute atomic E-state index is 0.0196. The lowest BCUT2D eigenvalue weighted by atomic mass is 9.67. The number of nitrogens with zero attached hydrogens (tertiary/aromatic N) is 3. The summed E-state index contributed by atoms with van der Waals surface area (Å²) in [5.41, 5.74) is 7.84. The summed E-state index contributed by atoms with van der Waals surface area (Å²) >= 11 is 0. The number of hydroxylamine groups is 2. The number of hydrogen-bond acceptors (Lipinski definition) is 10.